The van der Waals surface area contributed by atoms with Crippen LogP contribution < -0.4 is 11.1 Å². The van der Waals surface area contributed by atoms with Crippen molar-refractivity contribution in [3.8, 4) is 0 Å². The average Bonchev–Trinajstić information content (AvgIpc) is 2.65. The highest BCUT2D eigenvalue weighted by atomic mass is 16.1. The summed E-state index contributed by atoms with van der Waals surface area (Å²) in [5, 5.41) is 3.09. The average molecular weight is 210 g/mol. The topological polar surface area (TPSA) is 55.1 Å². The molecular formula is C12H22N2O. The smallest absolute Gasteiger partial charge is 0.220 e. The first kappa shape index (κ1) is 12.2. The van der Waals surface area contributed by atoms with Gasteiger partial charge in [-0.25, -0.2) is 0 Å². The molecule has 2 unspecified atom stereocenters. The molecule has 1 aliphatic rings. The molecule has 0 aromatic heterocycles. The van der Waals surface area contributed by atoms with Crippen LogP contribution in [0.3, 0.4) is 0 Å². The first-order chi connectivity index (χ1) is 7.27. The maximum atomic E-state index is 11.5. The van der Waals surface area contributed by atoms with Gasteiger partial charge < -0.3 is 11.1 Å². The predicted molar refractivity (Wildman–Crippen MR) is 62.4 cm³/mol. The monoisotopic (exact) mass is 210 g/mol. The number of unbranched alkanes of at least 4 members (excludes halogenated alkanes) is 1. The summed E-state index contributed by atoms with van der Waals surface area (Å²) in [6.07, 6.45) is 7.72. The fourth-order valence-electron chi connectivity index (χ4n) is 2.19. The summed E-state index contributed by atoms with van der Waals surface area (Å²) in [4.78, 5) is 11.5. The Morgan fingerprint density at radius 3 is 3.00 bits per heavy atom. The van der Waals surface area contributed by atoms with E-state index in [2.05, 4.69) is 11.9 Å². The van der Waals surface area contributed by atoms with Gasteiger partial charge in [0.1, 0.15) is 0 Å². The third-order valence-electron chi connectivity index (χ3n) is 3.12. The van der Waals surface area contributed by atoms with Crippen molar-refractivity contribution in [1.29, 1.82) is 0 Å². The lowest BCUT2D eigenvalue weighted by Gasteiger charge is -2.19. The quantitative estimate of drug-likeness (QED) is 0.516. The number of rotatable bonds is 6. The minimum Gasteiger partial charge on any atom is -0.353 e. The van der Waals surface area contributed by atoms with E-state index in [1.165, 1.54) is 6.42 Å². The van der Waals surface area contributed by atoms with Gasteiger partial charge >= 0.3 is 0 Å². The molecule has 0 bridgehead atoms. The summed E-state index contributed by atoms with van der Waals surface area (Å²) in [6, 6.07) is 0.325. The van der Waals surface area contributed by atoms with Crippen LogP contribution in [0, 0.1) is 5.92 Å². The number of nitrogens with two attached hydrogens (primary N) is 1. The molecule has 0 saturated heterocycles. The molecule has 15 heavy (non-hydrogen) atoms. The minimum atomic E-state index is 0.169. The second-order valence-electron chi connectivity index (χ2n) is 4.28. The van der Waals surface area contributed by atoms with Crippen LogP contribution in [0.2, 0.25) is 0 Å². The van der Waals surface area contributed by atoms with Gasteiger partial charge in [-0.2, -0.15) is 0 Å². The van der Waals surface area contributed by atoms with Crippen molar-refractivity contribution >= 4 is 5.91 Å². The lowest BCUT2D eigenvalue weighted by atomic mass is 10.0. The van der Waals surface area contributed by atoms with Gasteiger partial charge in [0.15, 0.2) is 0 Å². The second kappa shape index (κ2) is 6.62. The van der Waals surface area contributed by atoms with Crippen LogP contribution in [0.15, 0.2) is 12.7 Å². The molecule has 0 aromatic carbocycles. The van der Waals surface area contributed by atoms with Crippen molar-refractivity contribution in [1.82, 2.24) is 5.32 Å². The van der Waals surface area contributed by atoms with E-state index in [9.17, 15) is 4.79 Å². The molecule has 1 rings (SSSR count). The Bertz CT molecular complexity index is 216. The van der Waals surface area contributed by atoms with E-state index in [1.807, 2.05) is 6.08 Å². The van der Waals surface area contributed by atoms with Crippen molar-refractivity contribution in [3.63, 3.8) is 0 Å². The summed E-state index contributed by atoms with van der Waals surface area (Å²) in [7, 11) is 0. The van der Waals surface area contributed by atoms with Gasteiger partial charge in [-0.1, -0.05) is 12.5 Å². The molecule has 0 aromatic rings. The highest BCUT2D eigenvalue weighted by Gasteiger charge is 2.26. The molecule has 1 saturated carbocycles. The number of allylic oxidation sites excluding steroid dienone is 1. The standard InChI is InChI=1S/C12H22N2O/c1-2-3-4-8-12(15)14-11-7-5-6-10(11)9-13/h2,10-11H,1,3-9,13H2,(H,14,15). The molecule has 3 N–H and O–H groups in total. The molecular weight excluding hydrogens is 188 g/mol. The number of carbonyl (C=O) groups excluding carboxylic acids is 1. The van der Waals surface area contributed by atoms with Crippen molar-refractivity contribution in [3.05, 3.63) is 12.7 Å². The number of hydrogen-bond acceptors (Lipinski definition) is 2. The number of hydrogen-bond donors (Lipinski definition) is 2. The van der Waals surface area contributed by atoms with Gasteiger partial charge in [-0.15, -0.1) is 6.58 Å². The molecule has 0 radical (unpaired) electrons. The molecule has 3 nitrogen and oxygen atoms in total. The van der Waals surface area contributed by atoms with Crippen LogP contribution in [0.1, 0.15) is 38.5 Å². The maximum Gasteiger partial charge on any atom is 0.220 e. The fraction of sp³-hybridized carbons (Fsp3) is 0.750. The molecule has 86 valence electrons. The third-order valence-corrected chi connectivity index (χ3v) is 3.12. The first-order valence-corrected chi connectivity index (χ1v) is 5.88. The van der Waals surface area contributed by atoms with E-state index in [1.54, 1.807) is 0 Å². The second-order valence-corrected chi connectivity index (χ2v) is 4.28. The van der Waals surface area contributed by atoms with Crippen molar-refractivity contribution in [2.24, 2.45) is 11.7 Å². The van der Waals surface area contributed by atoms with Crippen molar-refractivity contribution in [2.75, 3.05) is 6.54 Å². The van der Waals surface area contributed by atoms with E-state index in [-0.39, 0.29) is 5.91 Å². The van der Waals surface area contributed by atoms with Crippen LogP contribution in [0.5, 0.6) is 0 Å². The highest BCUT2D eigenvalue weighted by Crippen LogP contribution is 2.24. The maximum absolute atomic E-state index is 11.5. The molecule has 0 spiro atoms. The number of nitrogens with one attached hydrogen (secondary N) is 1. The Labute approximate surface area is 92.1 Å². The van der Waals surface area contributed by atoms with Gasteiger partial charge in [0, 0.05) is 12.5 Å². The summed E-state index contributed by atoms with van der Waals surface area (Å²) in [5.41, 5.74) is 5.66. The Hall–Kier alpha value is -0.830. The van der Waals surface area contributed by atoms with Crippen molar-refractivity contribution in [2.45, 2.75) is 44.6 Å². The summed E-state index contributed by atoms with van der Waals surface area (Å²) >= 11 is 0. The summed E-state index contributed by atoms with van der Waals surface area (Å²) in [6.45, 7) is 4.33. The van der Waals surface area contributed by atoms with Gasteiger partial charge in [0.05, 0.1) is 0 Å². The van der Waals surface area contributed by atoms with Gasteiger partial charge in [-0.05, 0) is 38.1 Å². The predicted octanol–water partition coefficient (Wildman–Crippen LogP) is 1.59. The molecule has 3 heteroatoms. The number of carbonyl (C=O) groups is 1. The van der Waals surface area contributed by atoms with Gasteiger partial charge in [-0.3, -0.25) is 4.79 Å². The SMILES string of the molecule is C=CCCCC(=O)NC1CCCC1CN. The Morgan fingerprint density at radius 2 is 2.33 bits per heavy atom. The van der Waals surface area contributed by atoms with Gasteiger partial charge in [0.25, 0.3) is 0 Å². The highest BCUT2D eigenvalue weighted by molar-refractivity contribution is 5.76. The zero-order chi connectivity index (χ0) is 11.1. The fourth-order valence-corrected chi connectivity index (χ4v) is 2.19. The third kappa shape index (κ3) is 4.04. The molecule has 2 atom stereocenters. The number of amides is 1. The van der Waals surface area contributed by atoms with Crippen LogP contribution in [-0.4, -0.2) is 18.5 Å². The molecule has 0 heterocycles. The zero-order valence-corrected chi connectivity index (χ0v) is 9.37. The van der Waals surface area contributed by atoms with E-state index < -0.39 is 0 Å². The zero-order valence-electron chi connectivity index (χ0n) is 9.37. The van der Waals surface area contributed by atoms with Gasteiger partial charge in [0.2, 0.25) is 5.91 Å². The first-order valence-electron chi connectivity index (χ1n) is 5.88. The van der Waals surface area contributed by atoms with E-state index in [4.69, 9.17) is 5.73 Å². The lowest BCUT2D eigenvalue weighted by molar-refractivity contribution is -0.122. The Balaban J connectivity index is 2.21. The summed E-state index contributed by atoms with van der Waals surface area (Å²) < 4.78 is 0. The Kier molecular flexibility index (Phi) is 5.40. The molecule has 1 fully saturated rings. The van der Waals surface area contributed by atoms with Crippen LogP contribution in [0.4, 0.5) is 0 Å². The lowest BCUT2D eigenvalue weighted by Crippen LogP contribution is -2.39. The largest absolute Gasteiger partial charge is 0.353 e. The van der Waals surface area contributed by atoms with Crippen LogP contribution in [-0.2, 0) is 4.79 Å². The molecule has 1 aliphatic carbocycles. The minimum absolute atomic E-state index is 0.169. The van der Waals surface area contributed by atoms with E-state index >= 15 is 0 Å². The van der Waals surface area contributed by atoms with E-state index in [0.29, 0.717) is 24.9 Å². The Morgan fingerprint density at radius 1 is 1.53 bits per heavy atom. The van der Waals surface area contributed by atoms with Crippen LogP contribution >= 0.6 is 0 Å². The summed E-state index contributed by atoms with van der Waals surface area (Å²) in [5.74, 6) is 0.663. The van der Waals surface area contributed by atoms with E-state index in [0.717, 1.165) is 25.7 Å². The molecule has 0 aliphatic heterocycles. The van der Waals surface area contributed by atoms with Crippen LogP contribution in [0.25, 0.3) is 0 Å². The molecule has 1 amide bonds. The van der Waals surface area contributed by atoms with Crippen molar-refractivity contribution < 1.29 is 4.79 Å². The normalized spacial score (nSPS) is 25.1.